The van der Waals surface area contributed by atoms with Crippen molar-refractivity contribution in [3.05, 3.63) is 34.7 Å². The van der Waals surface area contributed by atoms with Gasteiger partial charge in [-0.05, 0) is 55.9 Å². The highest BCUT2D eigenvalue weighted by Crippen LogP contribution is 2.37. The summed E-state index contributed by atoms with van der Waals surface area (Å²) < 4.78 is 11.4. The first-order valence-corrected chi connectivity index (χ1v) is 14.7. The smallest absolute Gasteiger partial charge is 0.339 e. The molecule has 0 saturated heterocycles. The van der Waals surface area contributed by atoms with E-state index in [0.29, 0.717) is 29.6 Å². The molecule has 0 bridgehead atoms. The molecule has 1 aromatic heterocycles. The molecule has 1 aliphatic rings. The monoisotopic (exact) mass is 492 g/mol. The molecule has 3 rings (SSSR count). The summed E-state index contributed by atoms with van der Waals surface area (Å²) in [5, 5.41) is 1.63. The van der Waals surface area contributed by atoms with Crippen molar-refractivity contribution in [2.45, 2.75) is 94.1 Å². The van der Waals surface area contributed by atoms with Crippen LogP contribution < -0.4 is 10.4 Å². The maximum Gasteiger partial charge on any atom is 0.339 e. The van der Waals surface area contributed by atoms with Gasteiger partial charge < -0.3 is 13.9 Å². The van der Waals surface area contributed by atoms with Crippen molar-refractivity contribution in [3.63, 3.8) is 0 Å². The molecule has 0 spiro atoms. The first kappa shape index (κ1) is 27.8. The summed E-state index contributed by atoms with van der Waals surface area (Å²) in [7, 11) is 0. The van der Waals surface area contributed by atoms with E-state index in [1.807, 2.05) is 36.5 Å². The first-order chi connectivity index (χ1) is 16.2. The number of ether oxygens (including phenoxy) is 1. The Morgan fingerprint density at radius 1 is 1.03 bits per heavy atom. The van der Waals surface area contributed by atoms with Crippen molar-refractivity contribution in [2.75, 3.05) is 18.6 Å². The first-order valence-electron chi connectivity index (χ1n) is 12.5. The third-order valence-corrected chi connectivity index (χ3v) is 7.73. The number of carbonyl (C=O) groups is 1. The number of thioether (sulfide) groups is 2. The molecule has 0 atom stereocenters. The van der Waals surface area contributed by atoms with E-state index in [0.717, 1.165) is 18.1 Å². The second kappa shape index (κ2) is 17.1. The number of aldehydes is 1. The number of fused-ring (bicyclic) bond motifs is 1. The second-order valence-electron chi connectivity index (χ2n) is 8.50. The molecule has 0 amide bonds. The Labute approximate surface area is 207 Å². The van der Waals surface area contributed by atoms with Crippen LogP contribution in [0.4, 0.5) is 0 Å². The Kier molecular flexibility index (Phi) is 14.4. The SMILES string of the molecule is CCC=O.CSCCCCCCCCCOc1cc(=O)oc2ccc(SC3CCCC3)cc12. The topological polar surface area (TPSA) is 56.5 Å². The van der Waals surface area contributed by atoms with Gasteiger partial charge in [-0.25, -0.2) is 4.79 Å². The van der Waals surface area contributed by atoms with Gasteiger partial charge in [0, 0.05) is 16.6 Å². The Hall–Kier alpha value is -1.40. The molecule has 0 radical (unpaired) electrons. The van der Waals surface area contributed by atoms with Gasteiger partial charge in [-0.2, -0.15) is 11.8 Å². The Bertz CT molecular complexity index is 859. The van der Waals surface area contributed by atoms with Crippen molar-refractivity contribution in [1.82, 2.24) is 0 Å². The van der Waals surface area contributed by atoms with Crippen LogP contribution in [0.2, 0.25) is 0 Å². The van der Waals surface area contributed by atoms with Crippen LogP contribution in [0, 0.1) is 0 Å². The standard InChI is InChI=1S/C24H34O3S2.C3H6O/c1-28-16-10-6-4-2-3-5-9-15-26-23-18-24(25)27-22-14-13-20(17-21(22)23)29-19-11-7-8-12-19;1-2-3-4/h13-14,17-19H,2-12,15-16H2,1H3;3H,2H2,1H3. The minimum Gasteiger partial charge on any atom is -0.493 e. The van der Waals surface area contributed by atoms with E-state index >= 15 is 0 Å². The van der Waals surface area contributed by atoms with Crippen LogP contribution in [-0.4, -0.2) is 30.2 Å². The molecule has 33 heavy (non-hydrogen) atoms. The number of unbranched alkanes of at least 4 members (excludes halogenated alkanes) is 6. The minimum atomic E-state index is -0.339. The van der Waals surface area contributed by atoms with E-state index in [-0.39, 0.29) is 5.63 Å². The fourth-order valence-electron chi connectivity index (χ4n) is 3.92. The molecule has 1 aromatic carbocycles. The summed E-state index contributed by atoms with van der Waals surface area (Å²) in [6.45, 7) is 2.47. The van der Waals surface area contributed by atoms with Gasteiger partial charge >= 0.3 is 5.63 Å². The van der Waals surface area contributed by atoms with Crippen LogP contribution in [-0.2, 0) is 4.79 Å². The van der Waals surface area contributed by atoms with Gasteiger partial charge in [0.2, 0.25) is 0 Å². The summed E-state index contributed by atoms with van der Waals surface area (Å²) in [6, 6.07) is 7.61. The van der Waals surface area contributed by atoms with Gasteiger partial charge in [0.05, 0.1) is 18.1 Å². The molecule has 4 nitrogen and oxygen atoms in total. The largest absolute Gasteiger partial charge is 0.493 e. The minimum absolute atomic E-state index is 0.339. The lowest BCUT2D eigenvalue weighted by atomic mass is 10.1. The Morgan fingerprint density at radius 2 is 1.70 bits per heavy atom. The summed E-state index contributed by atoms with van der Waals surface area (Å²) in [5.74, 6) is 1.95. The summed E-state index contributed by atoms with van der Waals surface area (Å²) in [6.07, 6.45) is 17.8. The molecule has 2 aromatic rings. The molecule has 0 aliphatic heterocycles. The number of benzene rings is 1. The van der Waals surface area contributed by atoms with Gasteiger partial charge in [-0.15, -0.1) is 11.8 Å². The maximum atomic E-state index is 11.9. The van der Waals surface area contributed by atoms with E-state index in [9.17, 15) is 9.59 Å². The fraction of sp³-hybridized carbons (Fsp3) is 0.630. The van der Waals surface area contributed by atoms with Crippen molar-refractivity contribution < 1.29 is 13.9 Å². The van der Waals surface area contributed by atoms with Crippen LogP contribution in [0.5, 0.6) is 5.75 Å². The molecule has 6 heteroatoms. The summed E-state index contributed by atoms with van der Waals surface area (Å²) in [4.78, 5) is 22.3. The van der Waals surface area contributed by atoms with Crippen molar-refractivity contribution in [3.8, 4) is 5.75 Å². The molecule has 1 aliphatic carbocycles. The van der Waals surface area contributed by atoms with E-state index < -0.39 is 0 Å². The van der Waals surface area contributed by atoms with Crippen LogP contribution in [0.25, 0.3) is 11.0 Å². The molecule has 184 valence electrons. The lowest BCUT2D eigenvalue weighted by Crippen LogP contribution is -2.03. The fourth-order valence-corrected chi connectivity index (χ4v) is 5.70. The number of rotatable bonds is 14. The van der Waals surface area contributed by atoms with E-state index in [2.05, 4.69) is 18.4 Å². The van der Waals surface area contributed by atoms with Gasteiger partial charge in [0.25, 0.3) is 0 Å². The van der Waals surface area contributed by atoms with Gasteiger partial charge in [-0.3, -0.25) is 0 Å². The van der Waals surface area contributed by atoms with E-state index in [4.69, 9.17) is 9.15 Å². The van der Waals surface area contributed by atoms with Crippen LogP contribution >= 0.6 is 23.5 Å². The van der Waals surface area contributed by atoms with Crippen LogP contribution in [0.15, 0.2) is 38.4 Å². The third-order valence-electron chi connectivity index (χ3n) is 5.70. The molecule has 0 unspecified atom stereocenters. The predicted molar refractivity (Wildman–Crippen MR) is 143 cm³/mol. The molecule has 1 heterocycles. The summed E-state index contributed by atoms with van der Waals surface area (Å²) >= 11 is 3.88. The zero-order valence-electron chi connectivity index (χ0n) is 20.3. The Morgan fingerprint density at radius 3 is 2.36 bits per heavy atom. The van der Waals surface area contributed by atoms with Gasteiger partial charge in [0.1, 0.15) is 17.6 Å². The van der Waals surface area contributed by atoms with Crippen LogP contribution in [0.1, 0.15) is 84.0 Å². The molecule has 1 fully saturated rings. The zero-order valence-corrected chi connectivity index (χ0v) is 21.9. The maximum absolute atomic E-state index is 11.9. The van der Waals surface area contributed by atoms with Gasteiger partial charge in [-0.1, -0.05) is 51.9 Å². The van der Waals surface area contributed by atoms with Gasteiger partial charge in [0.15, 0.2) is 0 Å². The predicted octanol–water partition coefficient (Wildman–Crippen LogP) is 7.90. The van der Waals surface area contributed by atoms with Crippen molar-refractivity contribution in [2.24, 2.45) is 0 Å². The summed E-state index contributed by atoms with van der Waals surface area (Å²) in [5.41, 5.74) is 0.280. The highest BCUT2D eigenvalue weighted by Gasteiger charge is 2.17. The van der Waals surface area contributed by atoms with Crippen LogP contribution in [0.3, 0.4) is 0 Å². The number of carbonyl (C=O) groups excluding carboxylic acids is 1. The van der Waals surface area contributed by atoms with Crippen molar-refractivity contribution in [1.29, 1.82) is 0 Å². The Balaban J connectivity index is 0.000000890. The molecule has 0 N–H and O–H groups in total. The highest BCUT2D eigenvalue weighted by molar-refractivity contribution is 8.00. The normalized spacial score (nSPS) is 13.6. The third kappa shape index (κ3) is 11.0. The number of hydrogen-bond donors (Lipinski definition) is 0. The average molecular weight is 493 g/mol. The van der Waals surface area contributed by atoms with Crippen molar-refractivity contribution >= 4 is 40.8 Å². The second-order valence-corrected chi connectivity index (χ2v) is 10.9. The lowest BCUT2D eigenvalue weighted by molar-refractivity contribution is -0.107. The number of hydrogen-bond acceptors (Lipinski definition) is 6. The molecular formula is C27H40O4S2. The lowest BCUT2D eigenvalue weighted by Gasteiger charge is -2.11. The van der Waals surface area contributed by atoms with E-state index in [1.165, 1.54) is 80.9 Å². The quantitative estimate of drug-likeness (QED) is 0.152. The molecule has 1 saturated carbocycles. The zero-order chi connectivity index (χ0) is 23.7. The highest BCUT2D eigenvalue weighted by atomic mass is 32.2. The van der Waals surface area contributed by atoms with E-state index in [1.54, 1.807) is 0 Å². The molecular weight excluding hydrogens is 452 g/mol. The average Bonchev–Trinajstić information content (AvgIpc) is 3.33.